The van der Waals surface area contributed by atoms with Gasteiger partial charge in [-0.1, -0.05) is 184 Å². The average molecular weight is 792 g/mol. The van der Waals surface area contributed by atoms with Gasteiger partial charge >= 0.3 is 0 Å². The molecule has 0 N–H and O–H groups in total. The molecule has 292 valence electrons. The first-order chi connectivity index (χ1) is 30.5. The molecule has 9 aromatic carbocycles. The summed E-state index contributed by atoms with van der Waals surface area (Å²) in [6.07, 6.45) is 9.81. The molecular formula is C59H41N3. The Morgan fingerprint density at radius 3 is 1.73 bits per heavy atom. The van der Waals surface area contributed by atoms with Crippen molar-refractivity contribution in [3.05, 3.63) is 210 Å². The Morgan fingerprint density at radius 2 is 0.919 bits per heavy atom. The summed E-state index contributed by atoms with van der Waals surface area (Å²) >= 11 is 0. The lowest BCUT2D eigenvalue weighted by atomic mass is 9.82. The predicted octanol–water partition coefficient (Wildman–Crippen LogP) is 15.4. The van der Waals surface area contributed by atoms with Crippen LogP contribution in [0.4, 0.5) is 0 Å². The van der Waals surface area contributed by atoms with Crippen LogP contribution in [0.25, 0.3) is 112 Å². The molecule has 1 aromatic heterocycles. The molecule has 1 heterocycles. The molecule has 2 aliphatic carbocycles. The number of rotatable bonds is 5. The highest BCUT2D eigenvalue weighted by Crippen LogP contribution is 2.49. The van der Waals surface area contributed by atoms with Crippen LogP contribution in [-0.2, 0) is 5.41 Å². The molecule has 0 aliphatic heterocycles. The number of benzene rings is 9. The van der Waals surface area contributed by atoms with Crippen LogP contribution in [-0.4, -0.2) is 15.0 Å². The number of hydrogen-bond acceptors (Lipinski definition) is 3. The molecule has 0 saturated carbocycles. The van der Waals surface area contributed by atoms with Crippen molar-refractivity contribution in [2.75, 3.05) is 0 Å². The van der Waals surface area contributed by atoms with Gasteiger partial charge in [0.25, 0.3) is 0 Å². The minimum Gasteiger partial charge on any atom is -0.208 e. The summed E-state index contributed by atoms with van der Waals surface area (Å²) in [4.78, 5) is 16.0. The number of fused-ring (bicyclic) bond motifs is 8. The highest BCUT2D eigenvalue weighted by atomic mass is 15.0. The molecule has 0 radical (unpaired) electrons. The zero-order valence-electron chi connectivity index (χ0n) is 34.6. The fourth-order valence-corrected chi connectivity index (χ4v) is 9.95. The SMILES string of the molecule is CC1(C)c2ccccc2-c2ccc(-c3nc(-c4ccc5cc(-c6cc7ccccc7c7ccccc67)ccc5c4)nc(-c4ccc(-c5ccccc5)c5c4C=CCC=C5)n3)cc21. The standard InChI is InChI=1S/C59H41N3/c1-59(2)54-24-14-13-23-50(54)51-30-29-43(36-55(51)59)57-60-56(61-58(62-57)52-32-31-45(37-15-5-3-6-16-37)47-19-7-4-8-20-48(47)52)42-28-26-38-33-41(27-25-39(38)34-42)53-35-40-17-9-10-18-44(40)46-21-11-12-22-49(46)53/h3,5-36H,4H2,1-2H3. The Morgan fingerprint density at radius 1 is 0.355 bits per heavy atom. The number of nitrogens with zero attached hydrogens (tertiary/aromatic N) is 3. The molecular weight excluding hydrogens is 751 g/mol. The molecule has 0 amide bonds. The monoisotopic (exact) mass is 791 g/mol. The van der Waals surface area contributed by atoms with Crippen LogP contribution in [0.1, 0.15) is 42.5 Å². The highest BCUT2D eigenvalue weighted by Gasteiger charge is 2.35. The minimum absolute atomic E-state index is 0.154. The molecule has 0 unspecified atom stereocenters. The Labute approximate surface area is 361 Å². The minimum atomic E-state index is -0.154. The van der Waals surface area contributed by atoms with Crippen molar-refractivity contribution in [3.8, 4) is 67.5 Å². The summed E-state index contributed by atoms with van der Waals surface area (Å²) in [5.74, 6) is 1.96. The molecule has 0 spiro atoms. The molecule has 3 heteroatoms. The average Bonchev–Trinajstić information content (AvgIpc) is 3.44. The first kappa shape index (κ1) is 36.1. The predicted molar refractivity (Wildman–Crippen MR) is 260 cm³/mol. The third-order valence-electron chi connectivity index (χ3n) is 13.1. The van der Waals surface area contributed by atoms with Crippen molar-refractivity contribution in [1.82, 2.24) is 15.0 Å². The van der Waals surface area contributed by atoms with E-state index in [1.54, 1.807) is 0 Å². The van der Waals surface area contributed by atoms with E-state index in [0.29, 0.717) is 17.5 Å². The van der Waals surface area contributed by atoms with E-state index >= 15 is 0 Å². The Bertz CT molecular complexity index is 3520. The molecule has 0 bridgehead atoms. The fourth-order valence-electron chi connectivity index (χ4n) is 9.95. The molecule has 3 nitrogen and oxygen atoms in total. The van der Waals surface area contributed by atoms with Gasteiger partial charge in [-0.2, -0.15) is 0 Å². The van der Waals surface area contributed by atoms with Crippen LogP contribution in [0.5, 0.6) is 0 Å². The Hall–Kier alpha value is -7.75. The van der Waals surface area contributed by atoms with Crippen LogP contribution < -0.4 is 0 Å². The second kappa shape index (κ2) is 14.2. The van der Waals surface area contributed by atoms with Crippen LogP contribution >= 0.6 is 0 Å². The third-order valence-corrected chi connectivity index (χ3v) is 13.1. The van der Waals surface area contributed by atoms with Crippen molar-refractivity contribution in [1.29, 1.82) is 0 Å². The quantitative estimate of drug-likeness (QED) is 0.163. The van der Waals surface area contributed by atoms with E-state index in [1.165, 1.54) is 71.6 Å². The summed E-state index contributed by atoms with van der Waals surface area (Å²) in [5, 5.41) is 7.34. The normalized spacial score (nSPS) is 13.6. The van der Waals surface area contributed by atoms with Crippen LogP contribution in [0.3, 0.4) is 0 Å². The van der Waals surface area contributed by atoms with Gasteiger partial charge in [0, 0.05) is 22.1 Å². The number of allylic oxidation sites excluding steroid dienone is 2. The second-order valence-corrected chi connectivity index (χ2v) is 17.1. The van der Waals surface area contributed by atoms with Gasteiger partial charge in [0.05, 0.1) is 0 Å². The van der Waals surface area contributed by atoms with E-state index in [-0.39, 0.29) is 5.41 Å². The van der Waals surface area contributed by atoms with Gasteiger partial charge in [-0.15, -0.1) is 0 Å². The summed E-state index contributed by atoms with van der Waals surface area (Å²) in [6, 6.07) is 63.7. The lowest BCUT2D eigenvalue weighted by Crippen LogP contribution is -2.15. The zero-order chi connectivity index (χ0) is 41.4. The Kier molecular flexibility index (Phi) is 8.26. The van der Waals surface area contributed by atoms with Crippen molar-refractivity contribution in [2.24, 2.45) is 0 Å². The van der Waals surface area contributed by atoms with Crippen LogP contribution in [0.15, 0.2) is 188 Å². The number of aromatic nitrogens is 3. The van der Waals surface area contributed by atoms with E-state index in [4.69, 9.17) is 15.0 Å². The lowest BCUT2D eigenvalue weighted by Gasteiger charge is -2.22. The van der Waals surface area contributed by atoms with Crippen molar-refractivity contribution < 1.29 is 0 Å². The Balaban J connectivity index is 1.02. The van der Waals surface area contributed by atoms with Crippen molar-refractivity contribution >= 4 is 44.5 Å². The zero-order valence-corrected chi connectivity index (χ0v) is 34.6. The van der Waals surface area contributed by atoms with Gasteiger partial charge in [-0.25, -0.2) is 15.0 Å². The van der Waals surface area contributed by atoms with Gasteiger partial charge < -0.3 is 0 Å². The molecule has 0 saturated heterocycles. The molecule has 12 rings (SSSR count). The van der Waals surface area contributed by atoms with Gasteiger partial charge in [0.15, 0.2) is 17.5 Å². The summed E-state index contributed by atoms with van der Waals surface area (Å²) in [6.45, 7) is 4.64. The van der Waals surface area contributed by atoms with Crippen LogP contribution in [0.2, 0.25) is 0 Å². The third kappa shape index (κ3) is 5.84. The van der Waals surface area contributed by atoms with E-state index in [9.17, 15) is 0 Å². The summed E-state index contributed by atoms with van der Waals surface area (Å²) in [5.41, 5.74) is 15.0. The van der Waals surface area contributed by atoms with Gasteiger partial charge in [-0.05, 0) is 125 Å². The van der Waals surface area contributed by atoms with Gasteiger partial charge in [-0.3, -0.25) is 0 Å². The molecule has 0 atom stereocenters. The topological polar surface area (TPSA) is 38.7 Å². The highest BCUT2D eigenvalue weighted by molar-refractivity contribution is 6.14. The summed E-state index contributed by atoms with van der Waals surface area (Å²) < 4.78 is 0. The molecule has 10 aromatic rings. The lowest BCUT2D eigenvalue weighted by molar-refractivity contribution is 0.660. The van der Waals surface area contributed by atoms with Crippen molar-refractivity contribution in [3.63, 3.8) is 0 Å². The van der Waals surface area contributed by atoms with Crippen molar-refractivity contribution in [2.45, 2.75) is 25.7 Å². The first-order valence-corrected chi connectivity index (χ1v) is 21.5. The maximum atomic E-state index is 5.34. The molecule has 2 aliphatic rings. The van der Waals surface area contributed by atoms with E-state index in [1.807, 2.05) is 0 Å². The second-order valence-electron chi connectivity index (χ2n) is 17.1. The number of hydrogen-bond donors (Lipinski definition) is 0. The molecule has 0 fully saturated rings. The van der Waals surface area contributed by atoms with E-state index < -0.39 is 0 Å². The van der Waals surface area contributed by atoms with E-state index in [2.05, 4.69) is 214 Å². The first-order valence-electron chi connectivity index (χ1n) is 21.5. The molecule has 62 heavy (non-hydrogen) atoms. The smallest absolute Gasteiger partial charge is 0.164 e. The maximum Gasteiger partial charge on any atom is 0.164 e. The van der Waals surface area contributed by atoms with Gasteiger partial charge in [0.1, 0.15) is 0 Å². The summed E-state index contributed by atoms with van der Waals surface area (Å²) in [7, 11) is 0. The largest absolute Gasteiger partial charge is 0.208 e. The maximum absolute atomic E-state index is 5.34. The van der Waals surface area contributed by atoms with Crippen LogP contribution in [0, 0.1) is 0 Å². The van der Waals surface area contributed by atoms with Gasteiger partial charge in [0.2, 0.25) is 0 Å². The van der Waals surface area contributed by atoms with E-state index in [0.717, 1.165) is 39.4 Å². The fraction of sp³-hybridized carbons (Fsp3) is 0.0678.